The van der Waals surface area contributed by atoms with Crippen molar-refractivity contribution >= 4 is 28.4 Å². The van der Waals surface area contributed by atoms with Crippen LogP contribution in [-0.4, -0.2) is 5.78 Å². The highest BCUT2D eigenvalue weighted by Gasteiger charge is 2.06. The molecule has 0 saturated carbocycles. The van der Waals surface area contributed by atoms with Gasteiger partial charge in [0.25, 0.3) is 0 Å². The molecule has 0 bridgehead atoms. The molecule has 1 aliphatic rings. The van der Waals surface area contributed by atoms with Crippen molar-refractivity contribution in [1.82, 2.24) is 0 Å². The van der Waals surface area contributed by atoms with Gasteiger partial charge in [-0.1, -0.05) is 6.08 Å². The van der Waals surface area contributed by atoms with E-state index in [9.17, 15) is 4.79 Å². The fraction of sp³-hybridized carbons (Fsp3) is 0.500. The monoisotopic (exact) mass is 222 g/mol. The fourth-order valence-electron chi connectivity index (χ4n) is 0.688. The molecule has 2 heteroatoms. The molecule has 1 aliphatic carbocycles. The molecule has 0 aromatic carbocycles. The molecule has 0 amide bonds. The SMILES string of the molecule is O=C1CC=C(I)CC1. The van der Waals surface area contributed by atoms with Gasteiger partial charge in [0.1, 0.15) is 5.78 Å². The number of rotatable bonds is 0. The molecule has 0 N–H and O–H groups in total. The van der Waals surface area contributed by atoms with Crippen LogP contribution in [0.1, 0.15) is 19.3 Å². The molecule has 0 saturated heterocycles. The zero-order valence-electron chi connectivity index (χ0n) is 4.48. The van der Waals surface area contributed by atoms with Crippen LogP contribution >= 0.6 is 22.6 Å². The minimum absolute atomic E-state index is 0.380. The summed E-state index contributed by atoms with van der Waals surface area (Å²) in [6, 6.07) is 0. The topological polar surface area (TPSA) is 17.1 Å². The normalized spacial score (nSPS) is 20.6. The summed E-state index contributed by atoms with van der Waals surface area (Å²) in [7, 11) is 0. The Morgan fingerprint density at radius 3 is 2.62 bits per heavy atom. The molecule has 0 fully saturated rings. The number of halogens is 1. The van der Waals surface area contributed by atoms with Gasteiger partial charge >= 0.3 is 0 Å². The van der Waals surface area contributed by atoms with Crippen molar-refractivity contribution in [2.24, 2.45) is 0 Å². The molecule has 0 heterocycles. The van der Waals surface area contributed by atoms with Crippen LogP contribution in [0.2, 0.25) is 0 Å². The molecule has 0 aliphatic heterocycles. The Hall–Kier alpha value is 0.140. The molecule has 0 aromatic heterocycles. The molecule has 0 aromatic rings. The van der Waals surface area contributed by atoms with E-state index in [-0.39, 0.29) is 0 Å². The molecule has 1 rings (SSSR count). The van der Waals surface area contributed by atoms with Crippen LogP contribution in [0.25, 0.3) is 0 Å². The number of Topliss-reactive ketones (excluding diaryl/α,β-unsaturated/α-hetero) is 1. The molecular formula is C6H7IO. The molecule has 44 valence electrons. The van der Waals surface area contributed by atoms with E-state index in [0.29, 0.717) is 12.2 Å². The van der Waals surface area contributed by atoms with Gasteiger partial charge in [-0.15, -0.1) is 0 Å². The van der Waals surface area contributed by atoms with E-state index in [1.807, 2.05) is 6.08 Å². The Kier molecular flexibility index (Phi) is 2.05. The van der Waals surface area contributed by atoms with Gasteiger partial charge in [-0.3, -0.25) is 4.79 Å². The lowest BCUT2D eigenvalue weighted by Gasteiger charge is -2.03. The molecule has 0 spiro atoms. The molecule has 0 atom stereocenters. The van der Waals surface area contributed by atoms with Crippen molar-refractivity contribution in [3.8, 4) is 0 Å². The molecule has 0 unspecified atom stereocenters. The summed E-state index contributed by atoms with van der Waals surface area (Å²) in [4.78, 5) is 10.6. The van der Waals surface area contributed by atoms with E-state index in [0.717, 1.165) is 12.8 Å². The lowest BCUT2D eigenvalue weighted by Crippen LogP contribution is -1.99. The highest BCUT2D eigenvalue weighted by molar-refractivity contribution is 14.1. The first-order valence-corrected chi connectivity index (χ1v) is 3.73. The van der Waals surface area contributed by atoms with Crippen LogP contribution in [0, 0.1) is 0 Å². The van der Waals surface area contributed by atoms with E-state index in [1.54, 1.807) is 0 Å². The molecule has 1 nitrogen and oxygen atoms in total. The van der Waals surface area contributed by atoms with Gasteiger partial charge in [-0.25, -0.2) is 0 Å². The second-order valence-electron chi connectivity index (χ2n) is 1.89. The maximum atomic E-state index is 10.6. The van der Waals surface area contributed by atoms with Crippen molar-refractivity contribution in [1.29, 1.82) is 0 Å². The Balaban J connectivity index is 2.55. The lowest BCUT2D eigenvalue weighted by atomic mass is 10.1. The number of ketones is 1. The van der Waals surface area contributed by atoms with Crippen LogP contribution in [0.4, 0.5) is 0 Å². The summed E-state index contributed by atoms with van der Waals surface area (Å²) in [5, 5.41) is 0. The first kappa shape index (κ1) is 6.26. The average Bonchev–Trinajstić information content (AvgIpc) is 1.77. The van der Waals surface area contributed by atoms with Crippen LogP contribution in [0.3, 0.4) is 0 Å². The fourth-order valence-corrected chi connectivity index (χ4v) is 1.18. The lowest BCUT2D eigenvalue weighted by molar-refractivity contribution is -0.118. The predicted octanol–water partition coefficient (Wildman–Crippen LogP) is 2.06. The van der Waals surface area contributed by atoms with Crippen molar-refractivity contribution in [2.75, 3.05) is 0 Å². The first-order chi connectivity index (χ1) is 3.79. The summed E-state index contributed by atoms with van der Waals surface area (Å²) in [6.07, 6.45) is 4.40. The van der Waals surface area contributed by atoms with Crippen molar-refractivity contribution in [2.45, 2.75) is 19.3 Å². The number of hydrogen-bond acceptors (Lipinski definition) is 1. The van der Waals surface area contributed by atoms with Crippen molar-refractivity contribution in [3.63, 3.8) is 0 Å². The van der Waals surface area contributed by atoms with E-state index in [1.165, 1.54) is 3.58 Å². The Labute approximate surface area is 62.3 Å². The molecular weight excluding hydrogens is 215 g/mol. The standard InChI is InChI=1S/C6H7IO/c7-5-1-3-6(8)4-2-5/h1H,2-4H2. The van der Waals surface area contributed by atoms with Gasteiger partial charge in [-0.05, 0) is 32.6 Å². The molecule has 8 heavy (non-hydrogen) atoms. The van der Waals surface area contributed by atoms with Crippen LogP contribution < -0.4 is 0 Å². The summed E-state index contributed by atoms with van der Waals surface area (Å²) in [6.45, 7) is 0. The Morgan fingerprint density at radius 2 is 2.25 bits per heavy atom. The summed E-state index contributed by atoms with van der Waals surface area (Å²) in [5.41, 5.74) is 0. The smallest absolute Gasteiger partial charge is 0.137 e. The summed E-state index contributed by atoms with van der Waals surface area (Å²) >= 11 is 2.28. The van der Waals surface area contributed by atoms with Crippen molar-refractivity contribution in [3.05, 3.63) is 9.66 Å². The van der Waals surface area contributed by atoms with E-state index in [2.05, 4.69) is 22.6 Å². The average molecular weight is 222 g/mol. The van der Waals surface area contributed by atoms with Crippen LogP contribution in [0.5, 0.6) is 0 Å². The number of carbonyl (C=O) groups excluding carboxylic acids is 1. The van der Waals surface area contributed by atoms with Crippen LogP contribution in [-0.2, 0) is 4.79 Å². The Bertz CT molecular complexity index is 137. The minimum atomic E-state index is 0.380. The van der Waals surface area contributed by atoms with Gasteiger partial charge in [0.2, 0.25) is 0 Å². The number of hydrogen-bond donors (Lipinski definition) is 0. The second-order valence-corrected chi connectivity index (χ2v) is 3.28. The predicted molar refractivity (Wildman–Crippen MR) is 41.0 cm³/mol. The van der Waals surface area contributed by atoms with Gasteiger partial charge in [0.15, 0.2) is 0 Å². The first-order valence-electron chi connectivity index (χ1n) is 2.65. The van der Waals surface area contributed by atoms with Gasteiger partial charge in [0, 0.05) is 12.8 Å². The molecule has 0 radical (unpaired) electrons. The van der Waals surface area contributed by atoms with Gasteiger partial charge in [-0.2, -0.15) is 0 Å². The number of allylic oxidation sites excluding steroid dienone is 2. The minimum Gasteiger partial charge on any atom is -0.299 e. The maximum absolute atomic E-state index is 10.6. The van der Waals surface area contributed by atoms with Gasteiger partial charge < -0.3 is 0 Å². The van der Waals surface area contributed by atoms with Crippen molar-refractivity contribution < 1.29 is 4.79 Å². The zero-order valence-corrected chi connectivity index (χ0v) is 6.64. The van der Waals surface area contributed by atoms with E-state index >= 15 is 0 Å². The van der Waals surface area contributed by atoms with E-state index < -0.39 is 0 Å². The van der Waals surface area contributed by atoms with E-state index in [4.69, 9.17) is 0 Å². The largest absolute Gasteiger partial charge is 0.299 e. The summed E-state index contributed by atoms with van der Waals surface area (Å²) in [5.74, 6) is 0.380. The highest BCUT2D eigenvalue weighted by Crippen LogP contribution is 2.19. The number of carbonyl (C=O) groups is 1. The highest BCUT2D eigenvalue weighted by atomic mass is 127. The zero-order chi connectivity index (χ0) is 5.98. The third kappa shape index (κ3) is 1.58. The Morgan fingerprint density at radius 1 is 1.50 bits per heavy atom. The van der Waals surface area contributed by atoms with Crippen LogP contribution in [0.15, 0.2) is 9.66 Å². The quantitative estimate of drug-likeness (QED) is 0.573. The third-order valence-corrected chi connectivity index (χ3v) is 2.17. The summed E-state index contributed by atoms with van der Waals surface area (Å²) < 4.78 is 1.34. The third-order valence-electron chi connectivity index (χ3n) is 1.19. The second kappa shape index (κ2) is 2.62. The maximum Gasteiger partial charge on any atom is 0.137 e. The van der Waals surface area contributed by atoms with Gasteiger partial charge in [0.05, 0.1) is 0 Å².